The first-order valence-electron chi connectivity index (χ1n) is 5.93. The molecule has 3 aromatic rings. The molecule has 0 unspecified atom stereocenters. The lowest BCUT2D eigenvalue weighted by molar-refractivity contribution is 0.103. The molecule has 0 aliphatic carbocycles. The number of hydrogen-bond donors (Lipinski definition) is 1. The molecule has 0 atom stereocenters. The molecule has 0 spiro atoms. The second-order valence-electron chi connectivity index (χ2n) is 4.19. The summed E-state index contributed by atoms with van der Waals surface area (Å²) in [5.41, 5.74) is 2.60. The third kappa shape index (κ3) is 2.43. The number of amides is 1. The predicted molar refractivity (Wildman–Crippen MR) is 76.2 cm³/mol. The Hall–Kier alpha value is -2.54. The van der Waals surface area contributed by atoms with Crippen molar-refractivity contribution < 1.29 is 4.79 Å². The first-order chi connectivity index (χ1) is 9.74. The number of carbonyl (C=O) groups is 1. The van der Waals surface area contributed by atoms with Crippen molar-refractivity contribution in [2.45, 2.75) is 6.92 Å². The van der Waals surface area contributed by atoms with Crippen molar-refractivity contribution in [2.75, 3.05) is 5.32 Å². The first kappa shape index (κ1) is 12.5. The minimum absolute atomic E-state index is 0.102. The Morgan fingerprint density at radius 3 is 2.90 bits per heavy atom. The van der Waals surface area contributed by atoms with E-state index in [0.29, 0.717) is 4.88 Å². The molecule has 0 aliphatic rings. The maximum atomic E-state index is 12.0. The second-order valence-corrected chi connectivity index (χ2v) is 5.13. The maximum absolute atomic E-state index is 12.0. The molecule has 6 nitrogen and oxygen atoms in total. The van der Waals surface area contributed by atoms with Crippen LogP contribution in [0, 0.1) is 6.92 Å². The zero-order valence-electron chi connectivity index (χ0n) is 10.6. The lowest BCUT2D eigenvalue weighted by Crippen LogP contribution is -2.10. The monoisotopic (exact) mass is 285 g/mol. The van der Waals surface area contributed by atoms with Crippen molar-refractivity contribution in [3.63, 3.8) is 0 Å². The van der Waals surface area contributed by atoms with Gasteiger partial charge in [0.2, 0.25) is 0 Å². The van der Waals surface area contributed by atoms with Gasteiger partial charge in [-0.3, -0.25) is 4.79 Å². The van der Waals surface area contributed by atoms with Gasteiger partial charge in [0, 0.05) is 5.69 Å². The van der Waals surface area contributed by atoms with Gasteiger partial charge in [-0.05, 0) is 52.6 Å². The summed E-state index contributed by atoms with van der Waals surface area (Å²) in [6.45, 7) is 1.94. The van der Waals surface area contributed by atoms with Crippen LogP contribution in [-0.2, 0) is 0 Å². The van der Waals surface area contributed by atoms with Gasteiger partial charge >= 0.3 is 0 Å². The SMILES string of the molecule is Cc1cc(NC(=O)c2cccs2)ccc1-n1cnnn1. The first-order valence-corrected chi connectivity index (χ1v) is 6.81. The van der Waals surface area contributed by atoms with Gasteiger partial charge in [-0.25, -0.2) is 4.68 Å². The summed E-state index contributed by atoms with van der Waals surface area (Å²) in [6, 6.07) is 9.24. The Morgan fingerprint density at radius 2 is 2.25 bits per heavy atom. The van der Waals surface area contributed by atoms with Crippen LogP contribution in [0.15, 0.2) is 42.0 Å². The lowest BCUT2D eigenvalue weighted by atomic mass is 10.2. The minimum Gasteiger partial charge on any atom is -0.321 e. The Balaban J connectivity index is 1.82. The number of benzene rings is 1. The summed E-state index contributed by atoms with van der Waals surface area (Å²) in [5, 5.41) is 15.8. The zero-order valence-corrected chi connectivity index (χ0v) is 11.5. The van der Waals surface area contributed by atoms with E-state index in [2.05, 4.69) is 20.8 Å². The molecule has 7 heteroatoms. The number of thiophene rings is 1. The molecular formula is C13H11N5OS. The fourth-order valence-corrected chi connectivity index (χ4v) is 2.48. The zero-order chi connectivity index (χ0) is 13.9. The van der Waals surface area contributed by atoms with Crippen molar-refractivity contribution in [1.29, 1.82) is 0 Å². The lowest BCUT2D eigenvalue weighted by Gasteiger charge is -2.08. The smallest absolute Gasteiger partial charge is 0.265 e. The van der Waals surface area contributed by atoms with Crippen molar-refractivity contribution >= 4 is 22.9 Å². The quantitative estimate of drug-likeness (QED) is 0.801. The Kier molecular flexibility index (Phi) is 3.26. The highest BCUT2D eigenvalue weighted by molar-refractivity contribution is 7.12. The topological polar surface area (TPSA) is 72.7 Å². The van der Waals surface area contributed by atoms with Crippen LogP contribution in [0.5, 0.6) is 0 Å². The van der Waals surface area contributed by atoms with Crippen LogP contribution in [0.2, 0.25) is 0 Å². The number of carbonyl (C=O) groups excluding carboxylic acids is 1. The number of anilines is 1. The highest BCUT2D eigenvalue weighted by Gasteiger charge is 2.08. The van der Waals surface area contributed by atoms with Crippen molar-refractivity contribution in [3.05, 3.63) is 52.5 Å². The number of aryl methyl sites for hydroxylation is 1. The standard InChI is InChI=1S/C13H11N5OS/c1-9-7-10(15-13(19)12-3-2-6-20-12)4-5-11(9)18-8-14-16-17-18/h2-8H,1H3,(H,15,19). The van der Waals surface area contributed by atoms with Gasteiger partial charge in [0.15, 0.2) is 0 Å². The van der Waals surface area contributed by atoms with Crippen molar-refractivity contribution in [1.82, 2.24) is 20.2 Å². The average Bonchev–Trinajstić information content (AvgIpc) is 3.12. The van der Waals surface area contributed by atoms with Gasteiger partial charge < -0.3 is 5.32 Å². The molecule has 0 radical (unpaired) electrons. The summed E-state index contributed by atoms with van der Waals surface area (Å²) in [5.74, 6) is -0.102. The third-order valence-corrected chi connectivity index (χ3v) is 3.66. The van der Waals surface area contributed by atoms with Gasteiger partial charge in [-0.2, -0.15) is 0 Å². The molecule has 0 bridgehead atoms. The van der Waals surface area contributed by atoms with E-state index < -0.39 is 0 Å². The normalized spacial score (nSPS) is 10.4. The molecule has 2 aromatic heterocycles. The molecule has 20 heavy (non-hydrogen) atoms. The van der Waals surface area contributed by atoms with E-state index in [1.807, 2.05) is 36.6 Å². The van der Waals surface area contributed by atoms with Crippen molar-refractivity contribution in [2.24, 2.45) is 0 Å². The van der Waals surface area contributed by atoms with E-state index in [4.69, 9.17) is 0 Å². The van der Waals surface area contributed by atoms with E-state index in [0.717, 1.165) is 16.9 Å². The van der Waals surface area contributed by atoms with Crippen LogP contribution in [0.3, 0.4) is 0 Å². The number of rotatable bonds is 3. The Bertz CT molecular complexity index is 721. The molecule has 1 amide bonds. The van der Waals surface area contributed by atoms with E-state index in [1.165, 1.54) is 17.7 Å². The number of tetrazole rings is 1. The van der Waals surface area contributed by atoms with Gasteiger partial charge in [0.05, 0.1) is 10.6 Å². The number of nitrogens with zero attached hydrogens (tertiary/aromatic N) is 4. The van der Waals surface area contributed by atoms with Crippen LogP contribution in [-0.4, -0.2) is 26.1 Å². The number of nitrogens with one attached hydrogen (secondary N) is 1. The molecule has 0 fully saturated rings. The fraction of sp³-hybridized carbons (Fsp3) is 0.0769. The summed E-state index contributed by atoms with van der Waals surface area (Å²) in [7, 11) is 0. The summed E-state index contributed by atoms with van der Waals surface area (Å²) < 4.78 is 1.58. The molecule has 3 rings (SSSR count). The average molecular weight is 285 g/mol. The molecule has 0 saturated heterocycles. The third-order valence-electron chi connectivity index (χ3n) is 2.80. The van der Waals surface area contributed by atoms with Crippen LogP contribution in [0.25, 0.3) is 5.69 Å². The number of aromatic nitrogens is 4. The molecule has 0 aliphatic heterocycles. The highest BCUT2D eigenvalue weighted by atomic mass is 32.1. The van der Waals surface area contributed by atoms with E-state index in [9.17, 15) is 4.79 Å². The summed E-state index contributed by atoms with van der Waals surface area (Å²) in [6.07, 6.45) is 1.53. The fourth-order valence-electron chi connectivity index (χ4n) is 1.86. The summed E-state index contributed by atoms with van der Waals surface area (Å²) in [4.78, 5) is 12.6. The molecule has 2 heterocycles. The number of hydrogen-bond acceptors (Lipinski definition) is 5. The Labute approximate surface area is 119 Å². The minimum atomic E-state index is -0.102. The maximum Gasteiger partial charge on any atom is 0.265 e. The van der Waals surface area contributed by atoms with E-state index >= 15 is 0 Å². The molecular weight excluding hydrogens is 274 g/mol. The largest absolute Gasteiger partial charge is 0.321 e. The van der Waals surface area contributed by atoms with Crippen molar-refractivity contribution in [3.8, 4) is 5.69 Å². The molecule has 100 valence electrons. The van der Waals surface area contributed by atoms with Crippen LogP contribution in [0.1, 0.15) is 15.2 Å². The van der Waals surface area contributed by atoms with Gasteiger partial charge in [-0.1, -0.05) is 6.07 Å². The van der Waals surface area contributed by atoms with Gasteiger partial charge in [0.1, 0.15) is 6.33 Å². The second kappa shape index (κ2) is 5.22. The predicted octanol–water partition coefficient (Wildman–Crippen LogP) is 2.28. The van der Waals surface area contributed by atoms with Gasteiger partial charge in [0.25, 0.3) is 5.91 Å². The summed E-state index contributed by atoms with van der Waals surface area (Å²) >= 11 is 1.41. The molecule has 1 aromatic carbocycles. The van der Waals surface area contributed by atoms with E-state index in [-0.39, 0.29) is 5.91 Å². The molecule has 0 saturated carbocycles. The highest BCUT2D eigenvalue weighted by Crippen LogP contribution is 2.19. The van der Waals surface area contributed by atoms with E-state index in [1.54, 1.807) is 10.7 Å². The van der Waals surface area contributed by atoms with Gasteiger partial charge in [-0.15, -0.1) is 16.4 Å². The Morgan fingerprint density at radius 1 is 1.35 bits per heavy atom. The van der Waals surface area contributed by atoms with Crippen LogP contribution >= 0.6 is 11.3 Å². The van der Waals surface area contributed by atoms with Crippen LogP contribution in [0.4, 0.5) is 5.69 Å². The van der Waals surface area contributed by atoms with Crippen LogP contribution < -0.4 is 5.32 Å². The molecule has 1 N–H and O–H groups in total.